The lowest BCUT2D eigenvalue weighted by atomic mass is 9.39. The molecule has 0 radical (unpaired) electrons. The molecule has 0 aromatic heterocycles. The van der Waals surface area contributed by atoms with Crippen LogP contribution in [0.15, 0.2) is 12.2 Å². The molecule has 2 saturated carbocycles. The fourth-order valence-electron chi connectivity index (χ4n) is 6.84. The molecule has 3 fully saturated rings. The largest absolute Gasteiger partial charge is 0.464 e. The average molecular weight is 505 g/mol. The maximum Gasteiger partial charge on any atom is 0.310 e. The van der Waals surface area contributed by atoms with Crippen molar-refractivity contribution in [2.75, 3.05) is 6.61 Å². The third-order valence-corrected chi connectivity index (χ3v) is 14.4. The summed E-state index contributed by atoms with van der Waals surface area (Å²) < 4.78 is 18.0. The van der Waals surface area contributed by atoms with Crippen LogP contribution in [0.5, 0.6) is 0 Å². The van der Waals surface area contributed by atoms with E-state index in [4.69, 9.17) is 13.9 Å². The summed E-state index contributed by atoms with van der Waals surface area (Å²) in [7, 11) is -2.17. The Morgan fingerprint density at radius 1 is 1.11 bits per heavy atom. The zero-order chi connectivity index (χ0) is 26.4. The topological polar surface area (TPSA) is 96.0 Å². The fraction of sp³-hybridized carbons (Fsp3) is 0.778. The van der Waals surface area contributed by atoms with E-state index in [1.807, 2.05) is 19.9 Å². The standard InChI is InChI=1S/C27H40O7Si/c1-16(28)33-25(7)17-10-13-27(22(25)31)18(14-17)20(29)32-15-26(27)12-11-19(24(5,6)21(26)30)34-35(8,9)23(2,3)4/h10,13,17-19H,11-12,14-15H2,1-9H3/t17-,18-,19-,25+,26+,27-/m0/s1. The van der Waals surface area contributed by atoms with E-state index >= 15 is 0 Å². The number of ether oxygens (including phenoxy) is 2. The quantitative estimate of drug-likeness (QED) is 0.319. The highest BCUT2D eigenvalue weighted by Crippen LogP contribution is 2.67. The van der Waals surface area contributed by atoms with E-state index in [2.05, 4.69) is 33.9 Å². The van der Waals surface area contributed by atoms with E-state index in [0.29, 0.717) is 19.3 Å². The molecule has 5 aliphatic rings. The zero-order valence-electron chi connectivity index (χ0n) is 22.6. The number of cyclic esters (lactones) is 1. The Morgan fingerprint density at radius 2 is 1.74 bits per heavy atom. The highest BCUT2D eigenvalue weighted by Gasteiger charge is 2.77. The average Bonchev–Trinajstić information content (AvgIpc) is 2.73. The van der Waals surface area contributed by atoms with Crippen LogP contribution in [0.25, 0.3) is 0 Å². The Balaban J connectivity index is 1.81. The van der Waals surface area contributed by atoms with Gasteiger partial charge < -0.3 is 13.9 Å². The number of esters is 2. The maximum atomic E-state index is 14.5. The molecule has 194 valence electrons. The molecule has 6 atom stereocenters. The molecule has 0 aromatic carbocycles. The predicted molar refractivity (Wildman–Crippen MR) is 132 cm³/mol. The van der Waals surface area contributed by atoms with Gasteiger partial charge in [0.25, 0.3) is 0 Å². The van der Waals surface area contributed by atoms with Gasteiger partial charge in [0, 0.05) is 18.3 Å². The van der Waals surface area contributed by atoms with Gasteiger partial charge in [-0.2, -0.15) is 0 Å². The summed E-state index contributed by atoms with van der Waals surface area (Å²) in [6, 6.07) is 0. The summed E-state index contributed by atoms with van der Waals surface area (Å²) in [4.78, 5) is 53.8. The van der Waals surface area contributed by atoms with E-state index in [-0.39, 0.29) is 29.3 Å². The summed E-state index contributed by atoms with van der Waals surface area (Å²) >= 11 is 0. The Kier molecular flexibility index (Phi) is 5.71. The minimum absolute atomic E-state index is 0.0162. The molecular formula is C27H40O7Si. The third kappa shape index (κ3) is 3.31. The van der Waals surface area contributed by atoms with Crippen molar-refractivity contribution in [3.63, 3.8) is 0 Å². The van der Waals surface area contributed by atoms with Crippen molar-refractivity contribution >= 4 is 31.8 Å². The molecule has 1 heterocycles. The Hall–Kier alpha value is -1.80. The van der Waals surface area contributed by atoms with Crippen molar-refractivity contribution in [1.29, 1.82) is 0 Å². The molecule has 2 bridgehead atoms. The molecule has 0 amide bonds. The molecule has 7 nitrogen and oxygen atoms in total. The number of hydrogen-bond acceptors (Lipinski definition) is 7. The van der Waals surface area contributed by atoms with Crippen LogP contribution in [0.4, 0.5) is 0 Å². The Labute approximate surface area is 209 Å². The summed E-state index contributed by atoms with van der Waals surface area (Å²) in [5.74, 6) is -2.67. The molecule has 0 N–H and O–H groups in total. The Bertz CT molecular complexity index is 1020. The smallest absolute Gasteiger partial charge is 0.310 e. The molecule has 8 heteroatoms. The molecule has 1 saturated heterocycles. The van der Waals surface area contributed by atoms with E-state index in [0.717, 1.165) is 0 Å². The van der Waals surface area contributed by atoms with Crippen molar-refractivity contribution in [1.82, 2.24) is 0 Å². The highest BCUT2D eigenvalue weighted by molar-refractivity contribution is 6.74. The molecular weight excluding hydrogens is 464 g/mol. The van der Waals surface area contributed by atoms with Crippen molar-refractivity contribution in [3.05, 3.63) is 12.2 Å². The summed E-state index contributed by atoms with van der Waals surface area (Å²) in [5, 5.41) is -0.0162. The van der Waals surface area contributed by atoms with Crippen molar-refractivity contribution in [3.8, 4) is 0 Å². The first-order valence-electron chi connectivity index (χ1n) is 12.7. The van der Waals surface area contributed by atoms with Gasteiger partial charge in [-0.25, -0.2) is 0 Å². The lowest BCUT2D eigenvalue weighted by Crippen LogP contribution is -2.75. The molecule has 0 aromatic rings. The first kappa shape index (κ1) is 26.3. The van der Waals surface area contributed by atoms with Crippen LogP contribution >= 0.6 is 0 Å². The number of carbonyl (C=O) groups is 4. The van der Waals surface area contributed by atoms with Gasteiger partial charge in [0.05, 0.1) is 22.9 Å². The fourth-order valence-corrected chi connectivity index (χ4v) is 8.31. The molecule has 0 unspecified atom stereocenters. The third-order valence-electron chi connectivity index (χ3n) is 9.96. The van der Waals surface area contributed by atoms with Gasteiger partial charge in [0.15, 0.2) is 25.5 Å². The van der Waals surface area contributed by atoms with Gasteiger partial charge in [-0.05, 0) is 44.3 Å². The van der Waals surface area contributed by atoms with E-state index < -0.39 is 53.9 Å². The number of rotatable bonds is 3. The van der Waals surface area contributed by atoms with Crippen LogP contribution in [-0.2, 0) is 33.1 Å². The number of ketones is 2. The van der Waals surface area contributed by atoms with Gasteiger partial charge >= 0.3 is 11.9 Å². The minimum atomic E-state index is -2.17. The molecule has 4 aliphatic carbocycles. The second-order valence-corrected chi connectivity index (χ2v) is 18.1. The van der Waals surface area contributed by atoms with Crippen LogP contribution in [0, 0.1) is 28.1 Å². The van der Waals surface area contributed by atoms with Gasteiger partial charge in [-0.1, -0.05) is 46.8 Å². The van der Waals surface area contributed by atoms with Crippen LogP contribution in [-0.4, -0.2) is 50.1 Å². The normalized spacial score (nSPS) is 40.5. The van der Waals surface area contributed by atoms with Gasteiger partial charge in [-0.15, -0.1) is 0 Å². The first-order valence-corrected chi connectivity index (χ1v) is 15.6. The SMILES string of the molecule is CC(=O)O[C@@]1(C)C(=O)[C@]23C=C[C@H]1C[C@H]2C(=O)OC[C@@]31CC[C@H](O[Si](C)(C)C(C)(C)C)C(C)(C)C1=O. The van der Waals surface area contributed by atoms with Gasteiger partial charge in [-0.3, -0.25) is 19.2 Å². The van der Waals surface area contributed by atoms with Crippen LogP contribution < -0.4 is 0 Å². The van der Waals surface area contributed by atoms with Gasteiger partial charge in [0.2, 0.25) is 0 Å². The Morgan fingerprint density at radius 3 is 2.31 bits per heavy atom. The van der Waals surface area contributed by atoms with Crippen molar-refractivity contribution in [2.24, 2.45) is 28.1 Å². The molecule has 2 spiro atoms. The van der Waals surface area contributed by atoms with Crippen molar-refractivity contribution in [2.45, 2.75) is 97.6 Å². The summed E-state index contributed by atoms with van der Waals surface area (Å²) in [6.45, 7) is 17.4. The second kappa shape index (κ2) is 7.60. The van der Waals surface area contributed by atoms with Crippen molar-refractivity contribution < 1.29 is 33.1 Å². The maximum absolute atomic E-state index is 14.5. The number of carbonyl (C=O) groups excluding carboxylic acids is 4. The summed E-state index contributed by atoms with van der Waals surface area (Å²) in [5.41, 5.74) is -4.92. The zero-order valence-corrected chi connectivity index (χ0v) is 23.6. The van der Waals surface area contributed by atoms with E-state index in [9.17, 15) is 19.2 Å². The molecule has 5 rings (SSSR count). The monoisotopic (exact) mass is 504 g/mol. The van der Waals surface area contributed by atoms with E-state index in [1.165, 1.54) is 6.92 Å². The van der Waals surface area contributed by atoms with Crippen LogP contribution in [0.2, 0.25) is 18.1 Å². The second-order valence-electron chi connectivity index (χ2n) is 13.3. The molecule has 1 aliphatic heterocycles. The highest BCUT2D eigenvalue weighted by atomic mass is 28.4. The number of allylic oxidation sites excluding steroid dienone is 1. The lowest BCUT2D eigenvalue weighted by molar-refractivity contribution is -0.220. The first-order chi connectivity index (χ1) is 15.9. The predicted octanol–water partition coefficient (Wildman–Crippen LogP) is 4.39. The van der Waals surface area contributed by atoms with Gasteiger partial charge in [0.1, 0.15) is 6.61 Å². The van der Waals surface area contributed by atoms with Crippen LogP contribution in [0.1, 0.15) is 67.7 Å². The molecule has 35 heavy (non-hydrogen) atoms. The number of hydrogen-bond donors (Lipinski definition) is 0. The van der Waals surface area contributed by atoms with Crippen LogP contribution in [0.3, 0.4) is 0 Å². The lowest BCUT2D eigenvalue weighted by Gasteiger charge is -2.64. The summed E-state index contributed by atoms with van der Waals surface area (Å²) in [6.07, 6.45) is 4.61. The number of Topliss-reactive ketones (excluding diaryl/α,β-unsaturated/α-hetero) is 2. The van der Waals surface area contributed by atoms with E-state index in [1.54, 1.807) is 13.0 Å². The number of fused-ring (bicyclic) bond motifs is 1. The minimum Gasteiger partial charge on any atom is -0.464 e.